The highest BCUT2D eigenvalue weighted by atomic mass is 16.5. The van der Waals surface area contributed by atoms with Crippen molar-refractivity contribution in [2.24, 2.45) is 0 Å². The van der Waals surface area contributed by atoms with Crippen molar-refractivity contribution in [3.63, 3.8) is 0 Å². The summed E-state index contributed by atoms with van der Waals surface area (Å²) in [6.45, 7) is 0.375. The van der Waals surface area contributed by atoms with E-state index in [9.17, 15) is 9.59 Å². The van der Waals surface area contributed by atoms with Gasteiger partial charge in [0.15, 0.2) is 11.5 Å². The molecule has 33 heavy (non-hydrogen) atoms. The number of carbonyl (C=O) groups is 2. The van der Waals surface area contributed by atoms with E-state index in [2.05, 4.69) is 15.6 Å². The maximum atomic E-state index is 12.3. The van der Waals surface area contributed by atoms with Gasteiger partial charge in [-0.2, -0.15) is 0 Å². The van der Waals surface area contributed by atoms with Crippen LogP contribution in [0.15, 0.2) is 54.7 Å². The third-order valence-electron chi connectivity index (χ3n) is 4.90. The lowest BCUT2D eigenvalue weighted by molar-refractivity contribution is -0.118. The molecule has 0 unspecified atom stereocenters. The van der Waals surface area contributed by atoms with Gasteiger partial charge in [-0.25, -0.2) is 0 Å². The van der Waals surface area contributed by atoms with E-state index in [0.717, 1.165) is 16.5 Å². The summed E-state index contributed by atoms with van der Waals surface area (Å²) in [6, 6.07) is 12.9. The second-order valence-corrected chi connectivity index (χ2v) is 7.12. The Morgan fingerprint density at radius 3 is 2.42 bits per heavy atom. The highest BCUT2D eigenvalue weighted by Gasteiger charge is 2.12. The average molecular weight is 450 g/mol. The highest BCUT2D eigenvalue weighted by Crippen LogP contribution is 2.38. The molecule has 0 radical (unpaired) electrons. The maximum absolute atomic E-state index is 12.3. The molecule has 8 nitrogen and oxygen atoms in total. The van der Waals surface area contributed by atoms with Crippen molar-refractivity contribution < 1.29 is 23.8 Å². The van der Waals surface area contributed by atoms with Crippen LogP contribution >= 0.6 is 0 Å². The average Bonchev–Trinajstić information content (AvgIpc) is 2.84. The third kappa shape index (κ3) is 6.22. The van der Waals surface area contributed by atoms with E-state index in [0.29, 0.717) is 35.9 Å². The molecule has 3 rings (SSSR count). The molecule has 0 atom stereocenters. The van der Waals surface area contributed by atoms with Gasteiger partial charge in [-0.15, -0.1) is 0 Å². The zero-order chi connectivity index (χ0) is 23.6. The number of anilines is 1. The number of para-hydroxylation sites is 1. The molecule has 2 amide bonds. The Hall–Kier alpha value is -4.07. The van der Waals surface area contributed by atoms with Crippen molar-refractivity contribution in [3.05, 3.63) is 60.3 Å². The van der Waals surface area contributed by atoms with E-state index in [1.807, 2.05) is 30.3 Å². The summed E-state index contributed by atoms with van der Waals surface area (Å²) in [4.78, 5) is 28.8. The van der Waals surface area contributed by atoms with Crippen LogP contribution in [0.5, 0.6) is 17.2 Å². The molecule has 0 aliphatic rings. The van der Waals surface area contributed by atoms with Crippen LogP contribution in [0.25, 0.3) is 17.0 Å². The number of rotatable bonds is 10. The smallest absolute Gasteiger partial charge is 0.243 e. The molecule has 0 aliphatic heterocycles. The molecule has 172 valence electrons. The molecule has 0 spiro atoms. The Morgan fingerprint density at radius 1 is 1.00 bits per heavy atom. The number of ether oxygens (including phenoxy) is 3. The van der Waals surface area contributed by atoms with Gasteiger partial charge in [0, 0.05) is 30.6 Å². The van der Waals surface area contributed by atoms with Crippen LogP contribution in [-0.2, 0) is 9.59 Å². The third-order valence-corrected chi connectivity index (χ3v) is 4.90. The van der Waals surface area contributed by atoms with E-state index in [4.69, 9.17) is 14.2 Å². The van der Waals surface area contributed by atoms with Gasteiger partial charge < -0.3 is 24.8 Å². The van der Waals surface area contributed by atoms with Crippen LogP contribution in [0.4, 0.5) is 5.69 Å². The minimum Gasteiger partial charge on any atom is -0.493 e. The summed E-state index contributed by atoms with van der Waals surface area (Å²) < 4.78 is 15.9. The summed E-state index contributed by atoms with van der Waals surface area (Å²) >= 11 is 0. The summed E-state index contributed by atoms with van der Waals surface area (Å²) in [5, 5.41) is 6.62. The molecule has 0 aliphatic carbocycles. The minimum absolute atomic E-state index is 0.129. The number of fused-ring (bicyclic) bond motifs is 1. The SMILES string of the molecule is COc1cc(/C=C\C(=O)NCCCC(=O)Nc2cccc3cccnc23)cc(OC)c1OC. The van der Waals surface area contributed by atoms with Crippen molar-refractivity contribution in [3.8, 4) is 17.2 Å². The van der Waals surface area contributed by atoms with Crippen LogP contribution in [0, 0.1) is 0 Å². The number of carbonyl (C=O) groups excluding carboxylic acids is 2. The Balaban J connectivity index is 1.48. The molecule has 2 N–H and O–H groups in total. The van der Waals surface area contributed by atoms with E-state index >= 15 is 0 Å². The fraction of sp³-hybridized carbons (Fsp3) is 0.240. The van der Waals surface area contributed by atoms with Gasteiger partial charge in [0.1, 0.15) is 0 Å². The second kappa shape index (κ2) is 11.5. The Labute approximate surface area is 192 Å². The predicted molar refractivity (Wildman–Crippen MR) is 128 cm³/mol. The molecule has 0 fully saturated rings. The van der Waals surface area contributed by atoms with Gasteiger partial charge in [0.05, 0.1) is 32.5 Å². The highest BCUT2D eigenvalue weighted by molar-refractivity contribution is 6.00. The zero-order valence-electron chi connectivity index (χ0n) is 18.9. The quantitative estimate of drug-likeness (QED) is 0.361. The van der Waals surface area contributed by atoms with Gasteiger partial charge >= 0.3 is 0 Å². The lowest BCUT2D eigenvalue weighted by Crippen LogP contribution is -2.23. The standard InChI is InChI=1S/C25H27N3O5/c1-31-20-15-17(16-21(32-2)25(20)33-3)11-12-22(29)26-13-6-10-23(30)28-19-9-4-7-18-8-5-14-27-24(18)19/h4-5,7-9,11-12,14-16H,6,10,13H2,1-3H3,(H,26,29)(H,28,30)/b12-11-. The maximum Gasteiger partial charge on any atom is 0.243 e. The largest absolute Gasteiger partial charge is 0.493 e. The molecule has 1 aromatic heterocycles. The van der Waals surface area contributed by atoms with Crippen molar-refractivity contribution in [1.29, 1.82) is 0 Å². The van der Waals surface area contributed by atoms with Gasteiger partial charge in [-0.05, 0) is 42.3 Å². The van der Waals surface area contributed by atoms with Crippen molar-refractivity contribution >= 4 is 34.5 Å². The predicted octanol–water partition coefficient (Wildman–Crippen LogP) is 3.81. The van der Waals surface area contributed by atoms with Crippen LogP contribution in [0.1, 0.15) is 18.4 Å². The lowest BCUT2D eigenvalue weighted by atomic mass is 10.1. The van der Waals surface area contributed by atoms with Gasteiger partial charge in [0.25, 0.3) is 0 Å². The summed E-state index contributed by atoms with van der Waals surface area (Å²) in [5.74, 6) is 1.10. The van der Waals surface area contributed by atoms with E-state index in [1.165, 1.54) is 27.4 Å². The topological polar surface area (TPSA) is 98.8 Å². The number of aromatic nitrogens is 1. The number of methoxy groups -OCH3 is 3. The van der Waals surface area contributed by atoms with Gasteiger partial charge in [-0.3, -0.25) is 14.6 Å². The molecule has 0 saturated carbocycles. The summed E-state index contributed by atoms with van der Waals surface area (Å²) in [6.07, 6.45) is 5.55. The molecule has 2 aromatic carbocycles. The van der Waals surface area contributed by atoms with Crippen molar-refractivity contribution in [1.82, 2.24) is 10.3 Å². The van der Waals surface area contributed by atoms with E-state index < -0.39 is 0 Å². The van der Waals surface area contributed by atoms with Crippen LogP contribution < -0.4 is 24.8 Å². The number of benzene rings is 2. The van der Waals surface area contributed by atoms with Crippen LogP contribution in [-0.4, -0.2) is 44.7 Å². The van der Waals surface area contributed by atoms with Gasteiger partial charge in [0.2, 0.25) is 17.6 Å². The number of nitrogens with zero attached hydrogens (tertiary/aromatic N) is 1. The fourth-order valence-electron chi connectivity index (χ4n) is 3.31. The second-order valence-electron chi connectivity index (χ2n) is 7.12. The lowest BCUT2D eigenvalue weighted by Gasteiger charge is -2.12. The van der Waals surface area contributed by atoms with Crippen molar-refractivity contribution in [2.75, 3.05) is 33.2 Å². The normalized spacial score (nSPS) is 10.8. The molecular formula is C25H27N3O5. The fourth-order valence-corrected chi connectivity index (χ4v) is 3.31. The van der Waals surface area contributed by atoms with Gasteiger partial charge in [-0.1, -0.05) is 18.2 Å². The zero-order valence-corrected chi connectivity index (χ0v) is 18.9. The first-order chi connectivity index (χ1) is 16.0. The molecule has 0 bridgehead atoms. The molecule has 3 aromatic rings. The number of hydrogen-bond donors (Lipinski definition) is 2. The first-order valence-corrected chi connectivity index (χ1v) is 10.4. The van der Waals surface area contributed by atoms with Crippen molar-refractivity contribution in [2.45, 2.75) is 12.8 Å². The molecule has 1 heterocycles. The number of pyridine rings is 1. The Morgan fingerprint density at radius 2 is 1.73 bits per heavy atom. The summed E-state index contributed by atoms with van der Waals surface area (Å²) in [7, 11) is 4.59. The number of hydrogen-bond acceptors (Lipinski definition) is 6. The van der Waals surface area contributed by atoms with E-state index in [-0.39, 0.29) is 18.2 Å². The van der Waals surface area contributed by atoms with E-state index in [1.54, 1.807) is 24.4 Å². The molecular weight excluding hydrogens is 422 g/mol. The Bertz CT molecular complexity index is 1130. The first kappa shape index (κ1) is 23.6. The molecule has 8 heteroatoms. The number of nitrogens with one attached hydrogen (secondary N) is 2. The van der Waals surface area contributed by atoms with Crippen LogP contribution in [0.2, 0.25) is 0 Å². The Kier molecular flexibility index (Phi) is 8.24. The molecule has 0 saturated heterocycles. The first-order valence-electron chi connectivity index (χ1n) is 10.4. The minimum atomic E-state index is -0.262. The monoisotopic (exact) mass is 449 g/mol. The number of amides is 2. The van der Waals surface area contributed by atoms with Crippen LogP contribution in [0.3, 0.4) is 0 Å². The summed E-state index contributed by atoms with van der Waals surface area (Å²) in [5.41, 5.74) is 2.15.